The van der Waals surface area contributed by atoms with Crippen LogP contribution < -0.4 is 14.4 Å². The Kier molecular flexibility index (Phi) is 9.09. The fraction of sp³-hybridized carbons (Fsp3) is 0.559. The molecule has 2 aliphatic heterocycles. The van der Waals surface area contributed by atoms with Gasteiger partial charge in [0.2, 0.25) is 10.0 Å². The number of fused-ring (bicyclic) bond motifs is 3. The quantitative estimate of drug-likeness (QED) is 0.362. The number of amides is 1. The highest BCUT2D eigenvalue weighted by atomic mass is 35.5. The highest BCUT2D eigenvalue weighted by molar-refractivity contribution is 7.90. The van der Waals surface area contributed by atoms with Crippen LogP contribution in [0.1, 0.15) is 79.8 Å². The van der Waals surface area contributed by atoms with Crippen molar-refractivity contribution in [3.05, 3.63) is 70.3 Å². The second kappa shape index (κ2) is 12.8. The number of nitrogens with one attached hydrogen (secondary N) is 1. The predicted octanol–water partition coefficient (Wildman–Crippen LogP) is 6.27. The molecule has 2 bridgehead atoms. The zero-order chi connectivity index (χ0) is 30.1. The van der Waals surface area contributed by atoms with Gasteiger partial charge in [0.1, 0.15) is 12.4 Å². The van der Waals surface area contributed by atoms with Crippen LogP contribution >= 0.6 is 11.6 Å². The third-order valence-corrected chi connectivity index (χ3v) is 12.5. The Morgan fingerprint density at radius 1 is 1.00 bits per heavy atom. The molecule has 0 radical (unpaired) electrons. The maximum Gasteiger partial charge on any atom is 0.264 e. The third-order valence-electron chi connectivity index (χ3n) is 10.2. The highest BCUT2D eigenvalue weighted by Gasteiger charge is 2.42. The van der Waals surface area contributed by atoms with E-state index >= 15 is 0 Å². The molecule has 1 amide bonds. The average Bonchev–Trinajstić information content (AvgIpc) is 2.95. The molecule has 0 unspecified atom stereocenters. The number of aliphatic hydroxyl groups is 1. The number of aliphatic hydroxyl groups excluding tert-OH is 1. The first-order valence-corrected chi connectivity index (χ1v) is 17.8. The molecule has 43 heavy (non-hydrogen) atoms. The second-order valence-electron chi connectivity index (χ2n) is 13.1. The van der Waals surface area contributed by atoms with Crippen molar-refractivity contribution in [2.75, 3.05) is 18.0 Å². The lowest BCUT2D eigenvalue weighted by molar-refractivity contribution is 0.0460. The fourth-order valence-corrected chi connectivity index (χ4v) is 9.60. The summed E-state index contributed by atoms with van der Waals surface area (Å²) in [5.74, 6) is 0.347. The number of ether oxygens (including phenoxy) is 1. The van der Waals surface area contributed by atoms with Gasteiger partial charge in [-0.15, -0.1) is 0 Å². The van der Waals surface area contributed by atoms with E-state index in [1.165, 1.54) is 5.56 Å². The number of sulfonamides is 1. The van der Waals surface area contributed by atoms with Crippen molar-refractivity contribution < 1.29 is 23.1 Å². The van der Waals surface area contributed by atoms with Crippen LogP contribution in [0.15, 0.2) is 48.6 Å². The van der Waals surface area contributed by atoms with Gasteiger partial charge >= 0.3 is 0 Å². The molecule has 2 heterocycles. The van der Waals surface area contributed by atoms with E-state index in [1.807, 2.05) is 37.3 Å². The summed E-state index contributed by atoms with van der Waals surface area (Å²) in [6, 6.07) is 11.2. The first-order valence-electron chi connectivity index (χ1n) is 15.9. The Morgan fingerprint density at radius 3 is 2.58 bits per heavy atom. The van der Waals surface area contributed by atoms with Gasteiger partial charge in [0.25, 0.3) is 5.91 Å². The minimum absolute atomic E-state index is 0.0302. The van der Waals surface area contributed by atoms with Gasteiger partial charge in [-0.1, -0.05) is 43.2 Å². The van der Waals surface area contributed by atoms with E-state index in [9.17, 15) is 18.3 Å². The van der Waals surface area contributed by atoms with E-state index in [1.54, 1.807) is 18.2 Å². The van der Waals surface area contributed by atoms with Crippen LogP contribution in [0.3, 0.4) is 0 Å². The molecule has 2 N–H and O–H groups in total. The van der Waals surface area contributed by atoms with E-state index in [4.69, 9.17) is 16.3 Å². The van der Waals surface area contributed by atoms with E-state index in [-0.39, 0.29) is 17.8 Å². The topological polar surface area (TPSA) is 95.9 Å². The number of nitrogens with zero attached hydrogens (tertiary/aromatic N) is 1. The van der Waals surface area contributed by atoms with Crippen molar-refractivity contribution >= 4 is 33.2 Å². The van der Waals surface area contributed by atoms with E-state index in [0.717, 1.165) is 75.7 Å². The average molecular weight is 627 g/mol. The molecular formula is C34H43ClN2O5S. The largest absolute Gasteiger partial charge is 0.487 e. The number of carbonyl (C=O) groups is 1. The van der Waals surface area contributed by atoms with Gasteiger partial charge in [0, 0.05) is 23.7 Å². The van der Waals surface area contributed by atoms with Crippen LogP contribution in [-0.2, 0) is 23.1 Å². The summed E-state index contributed by atoms with van der Waals surface area (Å²) in [5.41, 5.74) is 3.35. The SMILES string of the molecule is C[C@@H]1C/C=C/[C@H](O)[C@@H]2CC[C@H]2CN2CCCCc3cc(Cl)ccc3COc3ccc(cc32)C(=O)NS(=O)(=O)[C@@H]1C1CCC1. The van der Waals surface area contributed by atoms with Crippen molar-refractivity contribution in [2.45, 2.75) is 82.7 Å². The second-order valence-corrected chi connectivity index (χ2v) is 15.3. The smallest absolute Gasteiger partial charge is 0.264 e. The molecule has 2 aliphatic carbocycles. The van der Waals surface area contributed by atoms with Gasteiger partial charge in [-0.3, -0.25) is 4.79 Å². The van der Waals surface area contributed by atoms with Crippen LogP contribution in [0.25, 0.3) is 0 Å². The summed E-state index contributed by atoms with van der Waals surface area (Å²) >= 11 is 6.32. The lowest BCUT2D eigenvalue weighted by Gasteiger charge is -2.42. The number of anilines is 1. The number of benzene rings is 2. The number of carbonyl (C=O) groups excluding carboxylic acids is 1. The molecule has 2 aromatic rings. The van der Waals surface area contributed by atoms with E-state index in [2.05, 4.69) is 9.62 Å². The minimum Gasteiger partial charge on any atom is -0.487 e. The molecule has 5 atom stereocenters. The van der Waals surface area contributed by atoms with Gasteiger partial charge in [0.15, 0.2) is 0 Å². The summed E-state index contributed by atoms with van der Waals surface area (Å²) in [6.45, 7) is 3.80. The fourth-order valence-electron chi connectivity index (χ4n) is 7.39. The van der Waals surface area contributed by atoms with Gasteiger partial charge in [-0.2, -0.15) is 0 Å². The van der Waals surface area contributed by atoms with Gasteiger partial charge in [-0.05, 0) is 116 Å². The molecule has 6 rings (SSSR count). The summed E-state index contributed by atoms with van der Waals surface area (Å²) < 4.78 is 36.3. The standard InChI is InChI=1S/C34H43ClN2O5S/c1-22-6-4-10-31(38)29-15-12-26(29)20-37-17-3-2-7-24-18-28(35)14-11-27(24)21-42-32-16-13-25(19-30(32)37)34(39)36-43(40,41)33(22)23-8-5-9-23/h4,10-11,13-14,16,18-19,22-23,26,29,31,33,38H,2-3,5-9,12,15,17,20-21H2,1H3,(H,36,39)/b10-4+/t22-,26+,29-,31+,33+/m1/s1. The molecule has 2 aromatic carbocycles. The van der Waals surface area contributed by atoms with Crippen LogP contribution in [0.2, 0.25) is 5.02 Å². The van der Waals surface area contributed by atoms with Crippen LogP contribution in [0.5, 0.6) is 5.75 Å². The molecule has 2 saturated carbocycles. The van der Waals surface area contributed by atoms with Crippen molar-refractivity contribution in [3.63, 3.8) is 0 Å². The highest BCUT2D eigenvalue weighted by Crippen LogP contribution is 2.42. The molecule has 0 saturated heterocycles. The molecular weight excluding hydrogens is 584 g/mol. The number of rotatable bonds is 1. The molecule has 2 fully saturated rings. The first-order chi connectivity index (χ1) is 20.7. The molecule has 232 valence electrons. The van der Waals surface area contributed by atoms with Crippen molar-refractivity contribution in [1.82, 2.24) is 4.72 Å². The molecule has 0 spiro atoms. The van der Waals surface area contributed by atoms with E-state index in [0.29, 0.717) is 35.3 Å². The van der Waals surface area contributed by atoms with E-state index < -0.39 is 27.3 Å². The van der Waals surface area contributed by atoms with Crippen LogP contribution in [-0.4, -0.2) is 43.9 Å². The molecule has 4 aliphatic rings. The molecule has 7 nitrogen and oxygen atoms in total. The predicted molar refractivity (Wildman–Crippen MR) is 170 cm³/mol. The van der Waals surface area contributed by atoms with Crippen molar-refractivity contribution in [2.24, 2.45) is 23.7 Å². The number of halogens is 1. The maximum atomic E-state index is 13.7. The summed E-state index contributed by atoms with van der Waals surface area (Å²) in [7, 11) is -3.93. The summed E-state index contributed by atoms with van der Waals surface area (Å²) in [6.07, 6.45) is 11.3. The Labute approximate surface area is 260 Å². The normalized spacial score (nSPS) is 30.6. The number of hydrogen-bond acceptors (Lipinski definition) is 6. The zero-order valence-electron chi connectivity index (χ0n) is 24.9. The van der Waals surface area contributed by atoms with Gasteiger partial charge < -0.3 is 14.7 Å². The number of allylic oxidation sites excluding steroid dienone is 1. The summed E-state index contributed by atoms with van der Waals surface area (Å²) in [4.78, 5) is 15.9. The minimum atomic E-state index is -3.93. The third kappa shape index (κ3) is 6.62. The zero-order valence-corrected chi connectivity index (χ0v) is 26.5. The number of aryl methyl sites for hydroxylation is 1. The maximum absolute atomic E-state index is 13.7. The lowest BCUT2D eigenvalue weighted by Crippen LogP contribution is -2.47. The van der Waals surface area contributed by atoms with Crippen molar-refractivity contribution in [1.29, 1.82) is 0 Å². The van der Waals surface area contributed by atoms with Gasteiger partial charge in [-0.25, -0.2) is 13.1 Å². The summed E-state index contributed by atoms with van der Waals surface area (Å²) in [5, 5.41) is 11.2. The first kappa shape index (κ1) is 30.5. The molecule has 0 aromatic heterocycles. The van der Waals surface area contributed by atoms with Crippen LogP contribution in [0.4, 0.5) is 5.69 Å². The van der Waals surface area contributed by atoms with Crippen molar-refractivity contribution in [3.8, 4) is 5.75 Å². The lowest BCUT2D eigenvalue weighted by atomic mass is 9.70. The number of hydrogen-bond donors (Lipinski definition) is 2. The Bertz CT molecular complexity index is 1470. The van der Waals surface area contributed by atoms with Crippen LogP contribution in [0, 0.1) is 23.7 Å². The Balaban J connectivity index is 1.38. The Hall–Kier alpha value is -2.55. The monoisotopic (exact) mass is 626 g/mol. The Morgan fingerprint density at radius 2 is 1.84 bits per heavy atom. The molecule has 9 heteroatoms. The van der Waals surface area contributed by atoms with Gasteiger partial charge in [0.05, 0.1) is 17.0 Å².